The molecule has 162 valence electrons. The summed E-state index contributed by atoms with van der Waals surface area (Å²) in [5.41, 5.74) is 1.45. The van der Waals surface area contributed by atoms with Crippen molar-refractivity contribution >= 4 is 5.91 Å². The van der Waals surface area contributed by atoms with Crippen molar-refractivity contribution in [2.24, 2.45) is 7.05 Å². The molecule has 1 aliphatic carbocycles. The molecule has 1 saturated carbocycles. The monoisotopic (exact) mass is 433 g/mol. The molecule has 2 atom stereocenters. The van der Waals surface area contributed by atoms with Crippen LogP contribution in [0.25, 0.3) is 22.6 Å². The standard InChI is InChI=1S/C20H18F3N5O3/c1-28-10-12(9-24-28)18-25-15(11-2-4-13(5-3-11)31-20(21,22)23)8-16(26-18)19(30)27-14-6-7-17(14)29/h2-5,8-10,14,17,29H,6-7H2,1H3,(H,27,30)/t14-,17-/m1/s1. The van der Waals surface area contributed by atoms with Crippen LogP contribution in [0, 0.1) is 0 Å². The Morgan fingerprint density at radius 1 is 1.19 bits per heavy atom. The van der Waals surface area contributed by atoms with Gasteiger partial charge in [-0.2, -0.15) is 5.10 Å². The van der Waals surface area contributed by atoms with Crippen molar-refractivity contribution in [3.63, 3.8) is 0 Å². The van der Waals surface area contributed by atoms with Crippen molar-refractivity contribution < 1.29 is 27.8 Å². The summed E-state index contributed by atoms with van der Waals surface area (Å²) in [7, 11) is 1.72. The first kappa shape index (κ1) is 20.8. The van der Waals surface area contributed by atoms with Crippen molar-refractivity contribution in [1.82, 2.24) is 25.1 Å². The van der Waals surface area contributed by atoms with E-state index in [0.29, 0.717) is 29.7 Å². The van der Waals surface area contributed by atoms with E-state index in [4.69, 9.17) is 0 Å². The number of benzene rings is 1. The van der Waals surface area contributed by atoms with Crippen LogP contribution < -0.4 is 10.1 Å². The van der Waals surface area contributed by atoms with Gasteiger partial charge in [-0.25, -0.2) is 9.97 Å². The minimum atomic E-state index is -4.79. The molecule has 0 saturated heterocycles. The number of nitrogens with zero attached hydrogens (tertiary/aromatic N) is 4. The molecular formula is C20H18F3N5O3. The van der Waals surface area contributed by atoms with Crippen molar-refractivity contribution in [1.29, 1.82) is 0 Å². The molecular weight excluding hydrogens is 415 g/mol. The number of ether oxygens (including phenoxy) is 1. The molecule has 0 radical (unpaired) electrons. The van der Waals surface area contributed by atoms with Crippen LogP contribution in [-0.2, 0) is 7.05 Å². The molecule has 2 aromatic heterocycles. The first-order valence-electron chi connectivity index (χ1n) is 9.41. The average molecular weight is 433 g/mol. The Kier molecular flexibility index (Phi) is 5.36. The molecule has 3 aromatic rings. The van der Waals surface area contributed by atoms with Gasteiger partial charge in [0.25, 0.3) is 5.91 Å². The molecule has 1 amide bonds. The molecule has 2 heterocycles. The zero-order valence-corrected chi connectivity index (χ0v) is 16.3. The minimum Gasteiger partial charge on any atom is -0.406 e. The molecule has 0 spiro atoms. The van der Waals surface area contributed by atoms with Gasteiger partial charge < -0.3 is 15.2 Å². The van der Waals surface area contributed by atoms with Crippen LogP contribution in [0.2, 0.25) is 0 Å². The Morgan fingerprint density at radius 2 is 1.94 bits per heavy atom. The number of aryl methyl sites for hydroxylation is 1. The Morgan fingerprint density at radius 3 is 2.48 bits per heavy atom. The molecule has 31 heavy (non-hydrogen) atoms. The average Bonchev–Trinajstić information content (AvgIpc) is 3.16. The van der Waals surface area contributed by atoms with Gasteiger partial charge in [0.05, 0.1) is 29.6 Å². The maximum Gasteiger partial charge on any atom is 0.573 e. The molecule has 0 bridgehead atoms. The van der Waals surface area contributed by atoms with Crippen LogP contribution in [0.1, 0.15) is 23.3 Å². The van der Waals surface area contributed by atoms with Crippen LogP contribution >= 0.6 is 0 Å². The van der Waals surface area contributed by atoms with Crippen molar-refractivity contribution in [3.05, 3.63) is 48.4 Å². The fourth-order valence-electron chi connectivity index (χ4n) is 3.10. The minimum absolute atomic E-state index is 0.0681. The zero-order chi connectivity index (χ0) is 22.2. The largest absolute Gasteiger partial charge is 0.573 e. The third-order valence-corrected chi connectivity index (χ3v) is 4.86. The lowest BCUT2D eigenvalue weighted by Crippen LogP contribution is -2.50. The number of rotatable bonds is 5. The van der Waals surface area contributed by atoms with Crippen molar-refractivity contribution in [2.45, 2.75) is 31.3 Å². The van der Waals surface area contributed by atoms with E-state index in [1.165, 1.54) is 36.5 Å². The van der Waals surface area contributed by atoms with Crippen LogP contribution in [0.4, 0.5) is 13.2 Å². The number of carbonyl (C=O) groups excluding carboxylic acids is 1. The van der Waals surface area contributed by atoms with Gasteiger partial charge in [-0.3, -0.25) is 9.48 Å². The SMILES string of the molecule is Cn1cc(-c2nc(C(=O)N[C@@H]3CC[C@H]3O)cc(-c3ccc(OC(F)(F)F)cc3)n2)cn1. The van der Waals surface area contributed by atoms with Gasteiger partial charge in [0, 0.05) is 18.8 Å². The Balaban J connectivity index is 1.68. The number of hydrogen-bond donors (Lipinski definition) is 2. The maximum absolute atomic E-state index is 12.7. The predicted molar refractivity (Wildman–Crippen MR) is 103 cm³/mol. The second kappa shape index (κ2) is 7.99. The number of aliphatic hydroxyl groups is 1. The summed E-state index contributed by atoms with van der Waals surface area (Å²) in [4.78, 5) is 21.5. The van der Waals surface area contributed by atoms with E-state index < -0.39 is 18.4 Å². The fourth-order valence-corrected chi connectivity index (χ4v) is 3.10. The number of aromatic nitrogens is 4. The van der Waals surface area contributed by atoms with Gasteiger partial charge in [0.1, 0.15) is 11.4 Å². The van der Waals surface area contributed by atoms with Crippen LogP contribution in [-0.4, -0.2) is 49.3 Å². The Bertz CT molecular complexity index is 1100. The lowest BCUT2D eigenvalue weighted by Gasteiger charge is -2.32. The molecule has 11 heteroatoms. The summed E-state index contributed by atoms with van der Waals surface area (Å²) >= 11 is 0. The van der Waals surface area contributed by atoms with E-state index in [2.05, 4.69) is 25.1 Å². The van der Waals surface area contributed by atoms with E-state index in [1.807, 2.05) is 0 Å². The molecule has 8 nitrogen and oxygen atoms in total. The molecule has 2 N–H and O–H groups in total. The van der Waals surface area contributed by atoms with Crippen molar-refractivity contribution in [2.75, 3.05) is 0 Å². The highest BCUT2D eigenvalue weighted by molar-refractivity contribution is 5.94. The van der Waals surface area contributed by atoms with Gasteiger partial charge in [-0.05, 0) is 43.2 Å². The van der Waals surface area contributed by atoms with Crippen LogP contribution in [0.5, 0.6) is 5.75 Å². The van der Waals surface area contributed by atoms with E-state index in [-0.39, 0.29) is 23.3 Å². The lowest BCUT2D eigenvalue weighted by atomic mass is 9.89. The smallest absolute Gasteiger partial charge is 0.406 e. The van der Waals surface area contributed by atoms with Gasteiger partial charge in [-0.15, -0.1) is 13.2 Å². The summed E-state index contributed by atoms with van der Waals surface area (Å²) < 4.78 is 42.7. The molecule has 4 rings (SSSR count). The van der Waals surface area contributed by atoms with E-state index in [1.54, 1.807) is 17.9 Å². The van der Waals surface area contributed by atoms with E-state index in [9.17, 15) is 23.1 Å². The molecule has 1 aliphatic rings. The lowest BCUT2D eigenvalue weighted by molar-refractivity contribution is -0.274. The summed E-state index contributed by atoms with van der Waals surface area (Å²) in [6, 6.07) is 6.26. The molecule has 1 fully saturated rings. The molecule has 1 aromatic carbocycles. The van der Waals surface area contributed by atoms with Gasteiger partial charge >= 0.3 is 6.36 Å². The normalized spacial score (nSPS) is 18.4. The summed E-state index contributed by atoms with van der Waals surface area (Å²) in [6.07, 6.45) is -0.882. The topological polar surface area (TPSA) is 102 Å². The molecule has 0 aliphatic heterocycles. The summed E-state index contributed by atoms with van der Waals surface area (Å²) in [5.74, 6) is -0.607. The third-order valence-electron chi connectivity index (χ3n) is 4.86. The zero-order valence-electron chi connectivity index (χ0n) is 16.3. The second-order valence-corrected chi connectivity index (χ2v) is 7.16. The number of aliphatic hydroxyl groups excluding tert-OH is 1. The quantitative estimate of drug-likeness (QED) is 0.642. The number of hydrogen-bond acceptors (Lipinski definition) is 6. The van der Waals surface area contributed by atoms with Gasteiger partial charge in [-0.1, -0.05) is 0 Å². The maximum atomic E-state index is 12.7. The van der Waals surface area contributed by atoms with Crippen LogP contribution in [0.3, 0.4) is 0 Å². The number of alkyl halides is 3. The first-order valence-corrected chi connectivity index (χ1v) is 9.41. The van der Waals surface area contributed by atoms with Crippen molar-refractivity contribution in [3.8, 4) is 28.4 Å². The number of carbonyl (C=O) groups is 1. The highest BCUT2D eigenvalue weighted by Gasteiger charge is 2.32. The molecule has 0 unspecified atom stereocenters. The Hall–Kier alpha value is -3.47. The Labute approximate surface area is 174 Å². The summed E-state index contributed by atoms with van der Waals surface area (Å²) in [5, 5.41) is 16.5. The number of nitrogens with one attached hydrogen (secondary N) is 1. The highest BCUT2D eigenvalue weighted by Crippen LogP contribution is 2.27. The third kappa shape index (κ3) is 4.82. The van der Waals surface area contributed by atoms with Gasteiger partial charge in [0.15, 0.2) is 5.82 Å². The van der Waals surface area contributed by atoms with E-state index in [0.717, 1.165) is 0 Å². The second-order valence-electron chi connectivity index (χ2n) is 7.16. The highest BCUT2D eigenvalue weighted by atomic mass is 19.4. The number of halogens is 3. The van der Waals surface area contributed by atoms with Crippen LogP contribution in [0.15, 0.2) is 42.7 Å². The van der Waals surface area contributed by atoms with Gasteiger partial charge in [0.2, 0.25) is 0 Å². The fraction of sp³-hybridized carbons (Fsp3) is 0.300. The summed E-state index contributed by atoms with van der Waals surface area (Å²) in [6.45, 7) is 0. The predicted octanol–water partition coefficient (Wildman–Crippen LogP) is 2.70. The number of amides is 1. The van der Waals surface area contributed by atoms with E-state index >= 15 is 0 Å². The first-order chi connectivity index (χ1) is 14.7.